The van der Waals surface area contributed by atoms with Crippen molar-refractivity contribution in [2.45, 2.75) is 12.5 Å². The maximum Gasteiger partial charge on any atom is 0.321 e. The number of carbonyl (C=O) groups is 1. The largest absolute Gasteiger partial charge is 0.497 e. The first-order valence-electron chi connectivity index (χ1n) is 5.96. The maximum atomic E-state index is 12.0. The van der Waals surface area contributed by atoms with Gasteiger partial charge in [0.15, 0.2) is 0 Å². The van der Waals surface area contributed by atoms with Crippen LogP contribution in [0.25, 0.3) is 0 Å². The van der Waals surface area contributed by atoms with Crippen molar-refractivity contribution >= 4 is 11.7 Å². The van der Waals surface area contributed by atoms with E-state index in [4.69, 9.17) is 9.47 Å². The lowest BCUT2D eigenvalue weighted by Gasteiger charge is -2.20. The molecule has 1 aromatic carbocycles. The normalized spacial score (nSPS) is 18.4. The van der Waals surface area contributed by atoms with E-state index < -0.39 is 0 Å². The Balaban J connectivity index is 1.95. The monoisotopic (exact) mass is 250 g/mol. The second-order valence-corrected chi connectivity index (χ2v) is 4.27. The molecular weight excluding hydrogens is 232 g/mol. The molecule has 0 aliphatic carbocycles. The fourth-order valence-corrected chi connectivity index (χ4v) is 1.84. The minimum atomic E-state index is -0.115. The van der Waals surface area contributed by atoms with Crippen LogP contribution in [0.3, 0.4) is 0 Å². The number of nitrogens with zero attached hydrogens (tertiary/aromatic N) is 1. The highest BCUT2D eigenvalue weighted by atomic mass is 16.5. The molecule has 1 N–H and O–H groups in total. The number of amides is 2. The second-order valence-electron chi connectivity index (χ2n) is 4.27. The van der Waals surface area contributed by atoms with E-state index in [1.165, 1.54) is 0 Å². The molecule has 1 aromatic rings. The molecule has 98 valence electrons. The SMILES string of the molecule is COc1ccc(N(C)C(=O)NC2CCOC2)cc1. The van der Waals surface area contributed by atoms with Crippen LogP contribution in [0.1, 0.15) is 6.42 Å². The zero-order valence-electron chi connectivity index (χ0n) is 10.7. The molecule has 2 rings (SSSR count). The fraction of sp³-hybridized carbons (Fsp3) is 0.462. The minimum Gasteiger partial charge on any atom is -0.497 e. The van der Waals surface area contributed by atoms with Crippen molar-refractivity contribution in [3.8, 4) is 5.75 Å². The summed E-state index contributed by atoms with van der Waals surface area (Å²) in [5.41, 5.74) is 0.826. The summed E-state index contributed by atoms with van der Waals surface area (Å²) in [4.78, 5) is 13.6. The van der Waals surface area contributed by atoms with Crippen LogP contribution in [0.5, 0.6) is 5.75 Å². The molecule has 18 heavy (non-hydrogen) atoms. The summed E-state index contributed by atoms with van der Waals surface area (Å²) in [5, 5.41) is 2.94. The van der Waals surface area contributed by atoms with Gasteiger partial charge in [-0.2, -0.15) is 0 Å². The molecule has 0 saturated carbocycles. The van der Waals surface area contributed by atoms with Crippen molar-refractivity contribution in [3.63, 3.8) is 0 Å². The van der Waals surface area contributed by atoms with Crippen molar-refractivity contribution in [2.75, 3.05) is 32.3 Å². The van der Waals surface area contributed by atoms with Crippen molar-refractivity contribution in [2.24, 2.45) is 0 Å². The number of ether oxygens (including phenoxy) is 2. The Hall–Kier alpha value is -1.75. The van der Waals surface area contributed by atoms with E-state index in [1.807, 2.05) is 24.3 Å². The first-order chi connectivity index (χ1) is 8.70. The van der Waals surface area contributed by atoms with Gasteiger partial charge in [0, 0.05) is 19.3 Å². The molecule has 0 bridgehead atoms. The van der Waals surface area contributed by atoms with Gasteiger partial charge in [-0.1, -0.05) is 0 Å². The van der Waals surface area contributed by atoms with Gasteiger partial charge in [-0.15, -0.1) is 0 Å². The number of carbonyl (C=O) groups excluding carboxylic acids is 1. The molecule has 0 aromatic heterocycles. The van der Waals surface area contributed by atoms with Crippen molar-refractivity contribution < 1.29 is 14.3 Å². The van der Waals surface area contributed by atoms with Crippen molar-refractivity contribution in [3.05, 3.63) is 24.3 Å². The third kappa shape index (κ3) is 2.92. The van der Waals surface area contributed by atoms with Crippen LogP contribution in [0.2, 0.25) is 0 Å². The number of methoxy groups -OCH3 is 1. The zero-order chi connectivity index (χ0) is 13.0. The van der Waals surface area contributed by atoms with Crippen LogP contribution < -0.4 is 15.0 Å². The molecule has 1 saturated heterocycles. The zero-order valence-corrected chi connectivity index (χ0v) is 10.7. The highest BCUT2D eigenvalue weighted by molar-refractivity contribution is 5.91. The molecule has 5 nitrogen and oxygen atoms in total. The van der Waals surface area contributed by atoms with Gasteiger partial charge in [-0.3, -0.25) is 4.90 Å². The number of benzene rings is 1. The van der Waals surface area contributed by atoms with E-state index in [0.29, 0.717) is 6.61 Å². The van der Waals surface area contributed by atoms with E-state index >= 15 is 0 Å². The minimum absolute atomic E-state index is 0.115. The lowest BCUT2D eigenvalue weighted by atomic mass is 10.2. The molecule has 1 aliphatic heterocycles. The van der Waals surface area contributed by atoms with Crippen LogP contribution in [-0.4, -0.2) is 39.4 Å². The van der Waals surface area contributed by atoms with Gasteiger partial charge in [0.25, 0.3) is 0 Å². The van der Waals surface area contributed by atoms with E-state index in [0.717, 1.165) is 24.5 Å². The summed E-state index contributed by atoms with van der Waals surface area (Å²) in [5.74, 6) is 0.775. The standard InChI is InChI=1S/C13H18N2O3/c1-15(11-3-5-12(17-2)6-4-11)13(16)14-10-7-8-18-9-10/h3-6,10H,7-9H2,1-2H3,(H,14,16). The first-order valence-corrected chi connectivity index (χ1v) is 5.96. The predicted molar refractivity (Wildman–Crippen MR) is 69.2 cm³/mol. The average Bonchev–Trinajstić information content (AvgIpc) is 2.91. The Morgan fingerprint density at radius 2 is 2.17 bits per heavy atom. The molecule has 0 radical (unpaired) electrons. The van der Waals surface area contributed by atoms with Crippen LogP contribution in [-0.2, 0) is 4.74 Å². The van der Waals surface area contributed by atoms with Gasteiger partial charge >= 0.3 is 6.03 Å². The summed E-state index contributed by atoms with van der Waals surface area (Å²) in [6.07, 6.45) is 0.877. The van der Waals surface area contributed by atoms with E-state index in [1.54, 1.807) is 19.1 Å². The Labute approximate surface area is 107 Å². The Morgan fingerprint density at radius 3 is 2.72 bits per heavy atom. The Bertz CT molecular complexity index is 399. The Kier molecular flexibility index (Phi) is 4.04. The first kappa shape index (κ1) is 12.7. The number of urea groups is 1. The highest BCUT2D eigenvalue weighted by Crippen LogP contribution is 2.18. The smallest absolute Gasteiger partial charge is 0.321 e. The van der Waals surface area contributed by atoms with Crippen LogP contribution in [0, 0.1) is 0 Å². The van der Waals surface area contributed by atoms with E-state index in [9.17, 15) is 4.79 Å². The van der Waals surface area contributed by atoms with E-state index in [-0.39, 0.29) is 12.1 Å². The average molecular weight is 250 g/mol. The van der Waals surface area contributed by atoms with Gasteiger partial charge in [-0.05, 0) is 30.7 Å². The maximum absolute atomic E-state index is 12.0. The highest BCUT2D eigenvalue weighted by Gasteiger charge is 2.20. The van der Waals surface area contributed by atoms with Crippen LogP contribution in [0.4, 0.5) is 10.5 Å². The summed E-state index contributed by atoms with van der Waals surface area (Å²) < 4.78 is 10.3. The van der Waals surface area contributed by atoms with Gasteiger partial charge in [-0.25, -0.2) is 4.79 Å². The van der Waals surface area contributed by atoms with E-state index in [2.05, 4.69) is 5.32 Å². The van der Waals surface area contributed by atoms with Crippen molar-refractivity contribution in [1.82, 2.24) is 5.32 Å². The number of hydrogen-bond acceptors (Lipinski definition) is 3. The lowest BCUT2D eigenvalue weighted by molar-refractivity contribution is 0.189. The van der Waals surface area contributed by atoms with Crippen LogP contribution >= 0.6 is 0 Å². The molecule has 1 heterocycles. The summed E-state index contributed by atoms with van der Waals surface area (Å²) in [6.45, 7) is 1.32. The topological polar surface area (TPSA) is 50.8 Å². The molecule has 0 spiro atoms. The lowest BCUT2D eigenvalue weighted by Crippen LogP contribution is -2.43. The molecule has 2 amide bonds. The number of nitrogens with one attached hydrogen (secondary N) is 1. The van der Waals surface area contributed by atoms with Crippen LogP contribution in [0.15, 0.2) is 24.3 Å². The van der Waals surface area contributed by atoms with Gasteiger partial charge in [0.2, 0.25) is 0 Å². The molecular formula is C13H18N2O3. The summed E-state index contributed by atoms with van der Waals surface area (Å²) >= 11 is 0. The number of rotatable bonds is 3. The second kappa shape index (κ2) is 5.73. The molecule has 1 atom stereocenters. The Morgan fingerprint density at radius 1 is 1.44 bits per heavy atom. The predicted octanol–water partition coefficient (Wildman–Crippen LogP) is 1.63. The number of anilines is 1. The summed E-state index contributed by atoms with van der Waals surface area (Å²) in [6, 6.07) is 7.37. The summed E-state index contributed by atoms with van der Waals surface area (Å²) in [7, 11) is 3.36. The van der Waals surface area contributed by atoms with Gasteiger partial charge in [0.05, 0.1) is 19.8 Å². The number of hydrogen-bond donors (Lipinski definition) is 1. The quantitative estimate of drug-likeness (QED) is 0.887. The third-order valence-corrected chi connectivity index (χ3v) is 3.02. The molecule has 5 heteroatoms. The molecule has 1 unspecified atom stereocenters. The van der Waals surface area contributed by atoms with Gasteiger partial charge in [0.1, 0.15) is 5.75 Å². The molecule has 1 aliphatic rings. The van der Waals surface area contributed by atoms with Gasteiger partial charge < -0.3 is 14.8 Å². The fourth-order valence-electron chi connectivity index (χ4n) is 1.84. The molecule has 1 fully saturated rings. The third-order valence-electron chi connectivity index (χ3n) is 3.02. The van der Waals surface area contributed by atoms with Crippen molar-refractivity contribution in [1.29, 1.82) is 0 Å².